The summed E-state index contributed by atoms with van der Waals surface area (Å²) >= 11 is 2.82. The highest BCUT2D eigenvalue weighted by Crippen LogP contribution is 2.27. The van der Waals surface area contributed by atoms with Gasteiger partial charge in [0.1, 0.15) is 16.5 Å². The van der Waals surface area contributed by atoms with Gasteiger partial charge in [-0.05, 0) is 42.8 Å². The van der Waals surface area contributed by atoms with E-state index in [1.54, 1.807) is 0 Å². The molecule has 0 aromatic heterocycles. The molecule has 1 atom stereocenters. The van der Waals surface area contributed by atoms with Crippen molar-refractivity contribution in [2.45, 2.75) is 37.3 Å². The van der Waals surface area contributed by atoms with Crippen molar-refractivity contribution in [1.82, 2.24) is 4.72 Å². The second kappa shape index (κ2) is 5.43. The number of sulfonamides is 1. The number of hydrogen-bond acceptors (Lipinski definition) is 3. The highest BCUT2D eigenvalue weighted by Gasteiger charge is 2.33. The lowest BCUT2D eigenvalue weighted by Gasteiger charge is -2.29. The molecule has 0 saturated carbocycles. The Morgan fingerprint density at radius 1 is 1.37 bits per heavy atom. The highest BCUT2D eigenvalue weighted by atomic mass is 79.9. The first-order valence-electron chi connectivity index (χ1n) is 5.34. The van der Waals surface area contributed by atoms with Crippen LogP contribution in [0.1, 0.15) is 20.8 Å². The second-order valence-electron chi connectivity index (χ2n) is 4.70. The first-order chi connectivity index (χ1) is 8.47. The van der Waals surface area contributed by atoms with E-state index < -0.39 is 38.2 Å². The molecule has 1 aromatic rings. The Morgan fingerprint density at radius 2 is 1.89 bits per heavy atom. The van der Waals surface area contributed by atoms with Crippen LogP contribution >= 0.6 is 15.9 Å². The average Bonchev–Trinajstić information content (AvgIpc) is 2.12. The van der Waals surface area contributed by atoms with Crippen molar-refractivity contribution in [2.24, 2.45) is 0 Å². The standard InChI is InChI=1S/C11H14BrF2NO3S/c1-6(16)11(2,3)15-19(17,18)10-8(12)4-7(13)5-9(10)14/h4-6,15-16H,1-3H3. The van der Waals surface area contributed by atoms with Gasteiger partial charge >= 0.3 is 0 Å². The molecule has 0 bridgehead atoms. The van der Waals surface area contributed by atoms with Gasteiger partial charge in [0.2, 0.25) is 10.0 Å². The van der Waals surface area contributed by atoms with E-state index >= 15 is 0 Å². The number of nitrogens with one attached hydrogen (secondary N) is 1. The van der Waals surface area contributed by atoms with Crippen LogP contribution in [0, 0.1) is 11.6 Å². The molecule has 1 aromatic carbocycles. The first kappa shape index (κ1) is 16.5. The van der Waals surface area contributed by atoms with Crippen molar-refractivity contribution in [2.75, 3.05) is 0 Å². The van der Waals surface area contributed by atoms with Crippen molar-refractivity contribution in [3.63, 3.8) is 0 Å². The zero-order valence-electron chi connectivity index (χ0n) is 10.5. The van der Waals surface area contributed by atoms with Gasteiger partial charge in [0.05, 0.1) is 11.6 Å². The van der Waals surface area contributed by atoms with Gasteiger partial charge in [0.25, 0.3) is 0 Å². The van der Waals surface area contributed by atoms with Gasteiger partial charge in [-0.15, -0.1) is 0 Å². The first-order valence-corrected chi connectivity index (χ1v) is 7.61. The summed E-state index contributed by atoms with van der Waals surface area (Å²) in [6.07, 6.45) is -0.996. The molecule has 19 heavy (non-hydrogen) atoms. The van der Waals surface area contributed by atoms with Gasteiger partial charge in [-0.25, -0.2) is 21.9 Å². The molecule has 1 unspecified atom stereocenters. The number of halogens is 3. The largest absolute Gasteiger partial charge is 0.391 e. The smallest absolute Gasteiger partial charge is 0.245 e. The SMILES string of the molecule is CC(O)C(C)(C)NS(=O)(=O)c1c(F)cc(F)cc1Br. The fraction of sp³-hybridized carbons (Fsp3) is 0.455. The highest BCUT2D eigenvalue weighted by molar-refractivity contribution is 9.10. The molecule has 0 aliphatic heterocycles. The monoisotopic (exact) mass is 357 g/mol. The van der Waals surface area contributed by atoms with Crippen LogP contribution in [0.3, 0.4) is 0 Å². The van der Waals surface area contributed by atoms with E-state index in [1.165, 1.54) is 20.8 Å². The van der Waals surface area contributed by atoms with Gasteiger partial charge in [-0.3, -0.25) is 0 Å². The van der Waals surface area contributed by atoms with Crippen LogP contribution in [0.25, 0.3) is 0 Å². The van der Waals surface area contributed by atoms with E-state index in [4.69, 9.17) is 0 Å². The van der Waals surface area contributed by atoms with E-state index in [0.29, 0.717) is 6.07 Å². The molecular formula is C11H14BrF2NO3S. The van der Waals surface area contributed by atoms with E-state index in [-0.39, 0.29) is 4.47 Å². The van der Waals surface area contributed by atoms with Gasteiger partial charge < -0.3 is 5.11 Å². The van der Waals surface area contributed by atoms with Crippen LogP contribution in [0.2, 0.25) is 0 Å². The van der Waals surface area contributed by atoms with Crippen LogP contribution in [-0.4, -0.2) is 25.2 Å². The van der Waals surface area contributed by atoms with E-state index in [0.717, 1.165) is 6.07 Å². The summed E-state index contributed by atoms with van der Waals surface area (Å²) in [6.45, 7) is 4.30. The van der Waals surface area contributed by atoms with E-state index in [9.17, 15) is 22.3 Å². The second-order valence-corrected chi connectivity index (χ2v) is 7.18. The molecule has 1 rings (SSSR count). The maximum atomic E-state index is 13.6. The minimum atomic E-state index is -4.24. The molecule has 108 valence electrons. The zero-order valence-corrected chi connectivity index (χ0v) is 12.9. The van der Waals surface area contributed by atoms with Crippen LogP contribution in [0.4, 0.5) is 8.78 Å². The minimum absolute atomic E-state index is 0.223. The van der Waals surface area contributed by atoms with Crippen LogP contribution in [0.15, 0.2) is 21.5 Å². The third-order valence-electron chi connectivity index (χ3n) is 2.67. The minimum Gasteiger partial charge on any atom is -0.391 e. The summed E-state index contributed by atoms with van der Waals surface area (Å²) in [5.74, 6) is -2.10. The Balaban J connectivity index is 3.30. The zero-order chi connectivity index (χ0) is 15.0. The Bertz CT molecular complexity index is 565. The molecule has 0 spiro atoms. The van der Waals surface area contributed by atoms with Gasteiger partial charge in [0.15, 0.2) is 0 Å². The number of rotatable bonds is 4. The maximum absolute atomic E-state index is 13.6. The lowest BCUT2D eigenvalue weighted by molar-refractivity contribution is 0.111. The Labute approximate surface area is 119 Å². The van der Waals surface area contributed by atoms with E-state index in [2.05, 4.69) is 20.7 Å². The molecule has 2 N–H and O–H groups in total. The summed E-state index contributed by atoms with van der Waals surface area (Å²) < 4.78 is 52.7. The lowest BCUT2D eigenvalue weighted by Crippen LogP contribution is -2.51. The van der Waals surface area contributed by atoms with Gasteiger partial charge in [-0.1, -0.05) is 0 Å². The summed E-state index contributed by atoms with van der Waals surface area (Å²) in [4.78, 5) is -0.692. The van der Waals surface area contributed by atoms with Crippen molar-refractivity contribution in [3.05, 3.63) is 28.2 Å². The van der Waals surface area contributed by atoms with Crippen LogP contribution < -0.4 is 4.72 Å². The number of aliphatic hydroxyl groups is 1. The molecule has 0 amide bonds. The molecule has 0 aliphatic rings. The number of benzene rings is 1. The quantitative estimate of drug-likeness (QED) is 0.867. The van der Waals surface area contributed by atoms with Crippen molar-refractivity contribution in [1.29, 1.82) is 0 Å². The third-order valence-corrected chi connectivity index (χ3v) is 5.31. The fourth-order valence-corrected chi connectivity index (χ4v) is 3.91. The normalized spacial score (nSPS) is 14.5. The Morgan fingerprint density at radius 3 is 2.32 bits per heavy atom. The van der Waals surface area contributed by atoms with Crippen LogP contribution in [-0.2, 0) is 10.0 Å². The lowest BCUT2D eigenvalue weighted by atomic mass is 10.0. The summed E-state index contributed by atoms with van der Waals surface area (Å²) in [5.41, 5.74) is -1.20. The molecule has 0 aliphatic carbocycles. The van der Waals surface area contributed by atoms with Crippen molar-refractivity contribution >= 4 is 26.0 Å². The Hall–Kier alpha value is -0.570. The summed E-state index contributed by atoms with van der Waals surface area (Å²) in [6, 6.07) is 1.34. The van der Waals surface area contributed by atoms with Crippen LogP contribution in [0.5, 0.6) is 0 Å². The topological polar surface area (TPSA) is 66.4 Å². The van der Waals surface area contributed by atoms with E-state index in [1.807, 2.05) is 0 Å². The van der Waals surface area contributed by atoms with Crippen molar-refractivity contribution in [3.8, 4) is 0 Å². The summed E-state index contributed by atoms with van der Waals surface area (Å²) in [5, 5.41) is 9.48. The molecule has 0 radical (unpaired) electrons. The third kappa shape index (κ3) is 3.71. The molecule has 8 heteroatoms. The van der Waals surface area contributed by atoms with Gasteiger partial charge in [-0.2, -0.15) is 0 Å². The summed E-state index contributed by atoms with van der Waals surface area (Å²) in [7, 11) is -4.24. The molecule has 0 fully saturated rings. The van der Waals surface area contributed by atoms with Gasteiger partial charge in [0, 0.05) is 10.5 Å². The number of aliphatic hydroxyl groups excluding tert-OH is 1. The Kier molecular flexibility index (Phi) is 4.71. The molecular weight excluding hydrogens is 344 g/mol. The molecule has 0 saturated heterocycles. The molecule has 4 nitrogen and oxygen atoms in total. The van der Waals surface area contributed by atoms with Crippen molar-refractivity contribution < 1.29 is 22.3 Å². The predicted octanol–water partition coefficient (Wildman–Crippen LogP) is 2.17. The number of hydrogen-bond donors (Lipinski definition) is 2. The maximum Gasteiger partial charge on any atom is 0.245 e. The average molecular weight is 358 g/mol. The molecule has 0 heterocycles. The predicted molar refractivity (Wildman–Crippen MR) is 70.1 cm³/mol. The fourth-order valence-electron chi connectivity index (χ4n) is 1.27.